The fourth-order valence-corrected chi connectivity index (χ4v) is 2.38. The molecule has 0 aliphatic rings. The standard InChI is InChI=1S/C17H17NO4/c1-2-13(8-12-6-4-3-5-7-12)14-9-15(17(20)21)18-16(10-14)22-11-19/h3-7,9-11,13H,2,8H2,1H3,(H,20,21). The Morgan fingerprint density at radius 1 is 1.32 bits per heavy atom. The molecule has 1 aromatic heterocycles. The predicted molar refractivity (Wildman–Crippen MR) is 81.1 cm³/mol. The molecule has 0 saturated carbocycles. The monoisotopic (exact) mass is 299 g/mol. The quantitative estimate of drug-likeness (QED) is 0.795. The fourth-order valence-electron chi connectivity index (χ4n) is 2.38. The molecule has 0 amide bonds. The minimum atomic E-state index is -1.15. The second-order valence-electron chi connectivity index (χ2n) is 4.94. The van der Waals surface area contributed by atoms with Crippen LogP contribution in [0.4, 0.5) is 0 Å². The second kappa shape index (κ2) is 7.36. The molecule has 1 atom stereocenters. The maximum Gasteiger partial charge on any atom is 0.354 e. The molecule has 1 aromatic carbocycles. The summed E-state index contributed by atoms with van der Waals surface area (Å²) < 4.78 is 4.73. The number of nitrogens with zero attached hydrogens (tertiary/aromatic N) is 1. The molecule has 5 heteroatoms. The number of ether oxygens (including phenoxy) is 1. The molecule has 0 aliphatic heterocycles. The van der Waals surface area contributed by atoms with Crippen molar-refractivity contribution in [2.24, 2.45) is 0 Å². The van der Waals surface area contributed by atoms with Gasteiger partial charge in [0.1, 0.15) is 0 Å². The highest BCUT2D eigenvalue weighted by molar-refractivity contribution is 5.85. The lowest BCUT2D eigenvalue weighted by Gasteiger charge is -2.16. The van der Waals surface area contributed by atoms with Crippen LogP contribution in [0.25, 0.3) is 0 Å². The summed E-state index contributed by atoms with van der Waals surface area (Å²) in [6, 6.07) is 13.1. The van der Waals surface area contributed by atoms with Gasteiger partial charge in [0.25, 0.3) is 6.47 Å². The van der Waals surface area contributed by atoms with Gasteiger partial charge in [0.15, 0.2) is 5.69 Å². The van der Waals surface area contributed by atoms with E-state index in [1.807, 2.05) is 37.3 Å². The number of pyridine rings is 1. The first-order valence-corrected chi connectivity index (χ1v) is 7.03. The first-order valence-electron chi connectivity index (χ1n) is 7.03. The number of carbonyl (C=O) groups excluding carboxylic acids is 1. The second-order valence-corrected chi connectivity index (χ2v) is 4.94. The Morgan fingerprint density at radius 2 is 2.05 bits per heavy atom. The van der Waals surface area contributed by atoms with Crippen molar-refractivity contribution in [3.05, 3.63) is 59.3 Å². The smallest absolute Gasteiger partial charge is 0.354 e. The van der Waals surface area contributed by atoms with E-state index in [1.165, 1.54) is 11.6 Å². The fraction of sp³-hybridized carbons (Fsp3) is 0.235. The average molecular weight is 299 g/mol. The van der Waals surface area contributed by atoms with Gasteiger partial charge in [0.05, 0.1) is 0 Å². The number of benzene rings is 1. The van der Waals surface area contributed by atoms with E-state index in [0.29, 0.717) is 0 Å². The van der Waals surface area contributed by atoms with Crippen molar-refractivity contribution >= 4 is 12.4 Å². The molecular weight excluding hydrogens is 282 g/mol. The molecule has 2 rings (SSSR count). The van der Waals surface area contributed by atoms with E-state index >= 15 is 0 Å². The molecule has 1 N–H and O–H groups in total. The normalized spacial score (nSPS) is 11.7. The molecule has 5 nitrogen and oxygen atoms in total. The van der Waals surface area contributed by atoms with Gasteiger partial charge in [-0.25, -0.2) is 9.78 Å². The molecule has 1 unspecified atom stereocenters. The number of carboxylic acid groups (broad SMARTS) is 1. The number of aromatic nitrogens is 1. The lowest BCUT2D eigenvalue weighted by Crippen LogP contribution is -2.08. The number of hydrogen-bond acceptors (Lipinski definition) is 4. The zero-order valence-electron chi connectivity index (χ0n) is 12.2. The molecule has 114 valence electrons. The highest BCUT2D eigenvalue weighted by Crippen LogP contribution is 2.27. The van der Waals surface area contributed by atoms with E-state index in [4.69, 9.17) is 9.84 Å². The SMILES string of the molecule is CCC(Cc1ccccc1)c1cc(OC=O)nc(C(=O)O)c1. The predicted octanol–water partition coefficient (Wildman–Crippen LogP) is 3.05. The average Bonchev–Trinajstić information content (AvgIpc) is 2.53. The summed E-state index contributed by atoms with van der Waals surface area (Å²) in [6.07, 6.45) is 1.61. The van der Waals surface area contributed by atoms with Gasteiger partial charge in [-0.15, -0.1) is 0 Å². The van der Waals surface area contributed by atoms with Gasteiger partial charge in [0, 0.05) is 6.07 Å². The van der Waals surface area contributed by atoms with Crippen molar-refractivity contribution in [2.75, 3.05) is 0 Å². The van der Waals surface area contributed by atoms with Crippen molar-refractivity contribution in [3.63, 3.8) is 0 Å². The van der Waals surface area contributed by atoms with Crippen molar-refractivity contribution in [2.45, 2.75) is 25.7 Å². The molecule has 0 aliphatic carbocycles. The lowest BCUT2D eigenvalue weighted by atomic mass is 9.90. The Bertz CT molecular complexity index is 655. The zero-order valence-corrected chi connectivity index (χ0v) is 12.2. The zero-order chi connectivity index (χ0) is 15.9. The van der Waals surface area contributed by atoms with Gasteiger partial charge in [-0.1, -0.05) is 37.3 Å². The molecule has 0 bridgehead atoms. The third kappa shape index (κ3) is 3.91. The van der Waals surface area contributed by atoms with Crippen molar-refractivity contribution in [3.8, 4) is 5.88 Å². The Hall–Kier alpha value is -2.69. The Kier molecular flexibility index (Phi) is 5.25. The van der Waals surface area contributed by atoms with Crippen LogP contribution in [0.3, 0.4) is 0 Å². The summed E-state index contributed by atoms with van der Waals surface area (Å²) in [7, 11) is 0. The highest BCUT2D eigenvalue weighted by Gasteiger charge is 2.16. The van der Waals surface area contributed by atoms with E-state index in [-0.39, 0.29) is 24.0 Å². The van der Waals surface area contributed by atoms with Gasteiger partial charge in [0.2, 0.25) is 5.88 Å². The summed E-state index contributed by atoms with van der Waals surface area (Å²) in [6.45, 7) is 2.28. The third-order valence-electron chi connectivity index (χ3n) is 3.50. The van der Waals surface area contributed by atoms with Gasteiger partial charge in [-0.3, -0.25) is 4.79 Å². The molecular formula is C17H17NO4. The Balaban J connectivity index is 2.34. The van der Waals surface area contributed by atoms with Crippen LogP contribution in [0.1, 0.15) is 40.9 Å². The van der Waals surface area contributed by atoms with Crippen LogP contribution in [-0.4, -0.2) is 22.5 Å². The van der Waals surface area contributed by atoms with Crippen LogP contribution in [-0.2, 0) is 11.2 Å². The molecule has 0 radical (unpaired) electrons. The van der Waals surface area contributed by atoms with E-state index in [0.717, 1.165) is 18.4 Å². The van der Waals surface area contributed by atoms with Gasteiger partial charge < -0.3 is 9.84 Å². The molecule has 0 spiro atoms. The van der Waals surface area contributed by atoms with Gasteiger partial charge in [-0.05, 0) is 36.0 Å². The van der Waals surface area contributed by atoms with Crippen molar-refractivity contribution in [1.82, 2.24) is 4.98 Å². The first kappa shape index (κ1) is 15.7. The number of rotatable bonds is 7. The van der Waals surface area contributed by atoms with E-state index in [1.54, 1.807) is 6.07 Å². The van der Waals surface area contributed by atoms with Crippen LogP contribution in [0, 0.1) is 0 Å². The largest absolute Gasteiger partial charge is 0.477 e. The lowest BCUT2D eigenvalue weighted by molar-refractivity contribution is -0.120. The van der Waals surface area contributed by atoms with Crippen molar-refractivity contribution in [1.29, 1.82) is 0 Å². The summed E-state index contributed by atoms with van der Waals surface area (Å²) in [5, 5.41) is 9.14. The number of carboxylic acids is 1. The van der Waals surface area contributed by atoms with Gasteiger partial charge in [-0.2, -0.15) is 0 Å². The highest BCUT2D eigenvalue weighted by atomic mass is 16.5. The van der Waals surface area contributed by atoms with E-state index in [2.05, 4.69) is 4.98 Å². The van der Waals surface area contributed by atoms with Crippen LogP contribution < -0.4 is 4.74 Å². The molecule has 0 fully saturated rings. The van der Waals surface area contributed by atoms with Crippen LogP contribution in [0.2, 0.25) is 0 Å². The van der Waals surface area contributed by atoms with E-state index < -0.39 is 5.97 Å². The maximum atomic E-state index is 11.2. The van der Waals surface area contributed by atoms with Crippen LogP contribution in [0.15, 0.2) is 42.5 Å². The third-order valence-corrected chi connectivity index (χ3v) is 3.50. The summed E-state index contributed by atoms with van der Waals surface area (Å²) in [5.41, 5.74) is 1.84. The minimum absolute atomic E-state index is 0.0106. The number of carbonyl (C=O) groups is 2. The number of hydrogen-bond donors (Lipinski definition) is 1. The maximum absolute atomic E-state index is 11.2. The summed E-state index contributed by atoms with van der Waals surface area (Å²) >= 11 is 0. The van der Waals surface area contributed by atoms with Gasteiger partial charge >= 0.3 is 5.97 Å². The molecule has 2 aromatic rings. The topological polar surface area (TPSA) is 76.5 Å². The molecule has 1 heterocycles. The minimum Gasteiger partial charge on any atom is -0.477 e. The molecule has 22 heavy (non-hydrogen) atoms. The Morgan fingerprint density at radius 3 is 2.64 bits per heavy atom. The summed E-state index contributed by atoms with van der Waals surface area (Å²) in [5.74, 6) is -1.01. The Labute approximate surface area is 128 Å². The van der Waals surface area contributed by atoms with E-state index in [9.17, 15) is 9.59 Å². The number of aromatic carboxylic acids is 1. The van der Waals surface area contributed by atoms with Crippen LogP contribution in [0.5, 0.6) is 5.88 Å². The first-order chi connectivity index (χ1) is 10.6. The molecule has 0 saturated heterocycles. The van der Waals surface area contributed by atoms with Crippen molar-refractivity contribution < 1.29 is 19.4 Å². The van der Waals surface area contributed by atoms with Crippen LogP contribution >= 0.6 is 0 Å². The summed E-state index contributed by atoms with van der Waals surface area (Å²) in [4.78, 5) is 25.5.